The lowest BCUT2D eigenvalue weighted by molar-refractivity contribution is -0.671. The first-order chi connectivity index (χ1) is 6.84. The summed E-state index contributed by atoms with van der Waals surface area (Å²) in [6.07, 6.45) is 4.04. The quantitative estimate of drug-likeness (QED) is 0.571. The first-order valence-electron chi connectivity index (χ1n) is 4.62. The van der Waals surface area contributed by atoms with Crippen molar-refractivity contribution in [2.24, 2.45) is 7.05 Å². The summed E-state index contributed by atoms with van der Waals surface area (Å²) in [5.74, 6) is 0. The van der Waals surface area contributed by atoms with Crippen LogP contribution in [0.1, 0.15) is 0 Å². The second kappa shape index (κ2) is 5.70. The first-order valence-corrected chi connectivity index (χ1v) is 4.62. The van der Waals surface area contributed by atoms with Gasteiger partial charge in [-0.1, -0.05) is 18.2 Å². The highest BCUT2D eigenvalue weighted by atomic mass is 127. The Bertz CT molecular complexity index is 398. The number of halogens is 1. The summed E-state index contributed by atoms with van der Waals surface area (Å²) >= 11 is 0. The highest BCUT2D eigenvalue weighted by Crippen LogP contribution is 2.13. The van der Waals surface area contributed by atoms with Gasteiger partial charge in [-0.15, -0.1) is 0 Å². The minimum atomic E-state index is 0. The van der Waals surface area contributed by atoms with Crippen LogP contribution in [0.2, 0.25) is 0 Å². The zero-order valence-corrected chi connectivity index (χ0v) is 10.7. The Hall–Kier alpha value is -1.10. The SMILES string of the molecule is C[n+]1ccc(Nc2ccccc2)cc1.[I-]. The van der Waals surface area contributed by atoms with E-state index >= 15 is 0 Å². The highest BCUT2D eigenvalue weighted by molar-refractivity contribution is 5.57. The number of rotatable bonds is 2. The second-order valence-electron chi connectivity index (χ2n) is 3.24. The molecule has 2 aromatic rings. The lowest BCUT2D eigenvalue weighted by Gasteiger charge is -2.03. The molecule has 1 heterocycles. The lowest BCUT2D eigenvalue weighted by Crippen LogP contribution is -3.00. The molecule has 78 valence electrons. The van der Waals surface area contributed by atoms with Gasteiger partial charge < -0.3 is 29.3 Å². The molecule has 0 aliphatic carbocycles. The first kappa shape index (κ1) is 12.0. The van der Waals surface area contributed by atoms with E-state index in [1.165, 1.54) is 0 Å². The van der Waals surface area contributed by atoms with Crippen LogP contribution in [-0.4, -0.2) is 0 Å². The van der Waals surface area contributed by atoms with E-state index in [0.717, 1.165) is 11.4 Å². The molecular formula is C12H13IN2. The predicted molar refractivity (Wildman–Crippen MR) is 57.3 cm³/mol. The molecule has 0 aliphatic heterocycles. The molecule has 0 bridgehead atoms. The topological polar surface area (TPSA) is 15.9 Å². The second-order valence-corrected chi connectivity index (χ2v) is 3.24. The van der Waals surface area contributed by atoms with Crippen molar-refractivity contribution in [1.82, 2.24) is 0 Å². The third kappa shape index (κ3) is 3.51. The Morgan fingerprint density at radius 1 is 0.867 bits per heavy atom. The molecule has 0 atom stereocenters. The third-order valence-corrected chi connectivity index (χ3v) is 2.04. The Labute approximate surface area is 107 Å². The van der Waals surface area contributed by atoms with Crippen LogP contribution in [-0.2, 0) is 7.05 Å². The summed E-state index contributed by atoms with van der Waals surface area (Å²) in [5, 5.41) is 3.32. The lowest BCUT2D eigenvalue weighted by atomic mass is 10.3. The predicted octanol–water partition coefficient (Wildman–Crippen LogP) is -0.741. The normalized spacial score (nSPS) is 9.13. The number of hydrogen-bond acceptors (Lipinski definition) is 1. The van der Waals surface area contributed by atoms with Crippen LogP contribution in [0, 0.1) is 0 Å². The zero-order valence-electron chi connectivity index (χ0n) is 8.52. The van der Waals surface area contributed by atoms with Gasteiger partial charge >= 0.3 is 0 Å². The van der Waals surface area contributed by atoms with E-state index in [1.54, 1.807) is 0 Å². The molecule has 0 amide bonds. The Balaban J connectivity index is 0.00000112. The van der Waals surface area contributed by atoms with Crippen molar-refractivity contribution in [3.05, 3.63) is 54.9 Å². The van der Waals surface area contributed by atoms with Crippen molar-refractivity contribution in [3.63, 3.8) is 0 Å². The van der Waals surface area contributed by atoms with E-state index in [0.29, 0.717) is 0 Å². The minimum absolute atomic E-state index is 0. The van der Waals surface area contributed by atoms with Crippen LogP contribution in [0.3, 0.4) is 0 Å². The van der Waals surface area contributed by atoms with Crippen molar-refractivity contribution in [1.29, 1.82) is 0 Å². The van der Waals surface area contributed by atoms with Crippen LogP contribution in [0.25, 0.3) is 0 Å². The van der Waals surface area contributed by atoms with Gasteiger partial charge in [-0.25, -0.2) is 4.57 Å². The van der Waals surface area contributed by atoms with E-state index in [1.807, 2.05) is 66.5 Å². The standard InChI is InChI=1S/C12H12N2.HI/c1-14-9-7-12(8-10-14)13-11-5-3-2-4-6-11;/h2-10H,1H3;1H. The monoisotopic (exact) mass is 312 g/mol. The van der Waals surface area contributed by atoms with Crippen molar-refractivity contribution >= 4 is 11.4 Å². The van der Waals surface area contributed by atoms with Crippen molar-refractivity contribution in [2.75, 3.05) is 5.32 Å². The smallest absolute Gasteiger partial charge is 0.170 e. The molecule has 0 saturated heterocycles. The zero-order chi connectivity index (χ0) is 9.80. The number of nitrogens with zero attached hydrogens (tertiary/aromatic N) is 1. The van der Waals surface area contributed by atoms with E-state index in [2.05, 4.69) is 5.32 Å². The molecule has 2 rings (SSSR count). The highest BCUT2D eigenvalue weighted by Gasteiger charge is 1.95. The van der Waals surface area contributed by atoms with E-state index in [9.17, 15) is 0 Å². The van der Waals surface area contributed by atoms with Gasteiger partial charge in [0.15, 0.2) is 12.4 Å². The maximum Gasteiger partial charge on any atom is 0.170 e. The molecule has 0 radical (unpaired) electrons. The Kier molecular flexibility index (Phi) is 4.55. The van der Waals surface area contributed by atoms with Crippen LogP contribution < -0.4 is 33.9 Å². The fraction of sp³-hybridized carbons (Fsp3) is 0.0833. The molecule has 0 unspecified atom stereocenters. The number of pyridine rings is 1. The number of aryl methyl sites for hydroxylation is 1. The van der Waals surface area contributed by atoms with Gasteiger partial charge in [0.2, 0.25) is 0 Å². The van der Waals surface area contributed by atoms with E-state index < -0.39 is 0 Å². The molecule has 0 spiro atoms. The van der Waals surface area contributed by atoms with Crippen molar-refractivity contribution in [2.45, 2.75) is 0 Å². The molecule has 0 fully saturated rings. The Morgan fingerprint density at radius 2 is 1.40 bits per heavy atom. The van der Waals surface area contributed by atoms with Crippen LogP contribution in [0.4, 0.5) is 11.4 Å². The molecular weight excluding hydrogens is 299 g/mol. The van der Waals surface area contributed by atoms with Crippen LogP contribution in [0.5, 0.6) is 0 Å². The van der Waals surface area contributed by atoms with Crippen LogP contribution in [0.15, 0.2) is 54.9 Å². The molecule has 1 N–H and O–H groups in total. The minimum Gasteiger partial charge on any atom is -1.00 e. The summed E-state index contributed by atoms with van der Waals surface area (Å²) in [6, 6.07) is 14.2. The molecule has 2 nitrogen and oxygen atoms in total. The number of hydrogen-bond donors (Lipinski definition) is 1. The molecule has 1 aromatic carbocycles. The number of para-hydroxylation sites is 1. The summed E-state index contributed by atoms with van der Waals surface area (Å²) < 4.78 is 2.01. The maximum atomic E-state index is 3.32. The van der Waals surface area contributed by atoms with Crippen molar-refractivity contribution in [3.8, 4) is 0 Å². The Morgan fingerprint density at radius 3 is 2.00 bits per heavy atom. The molecule has 0 saturated carbocycles. The summed E-state index contributed by atoms with van der Waals surface area (Å²) in [4.78, 5) is 0. The van der Waals surface area contributed by atoms with E-state index in [-0.39, 0.29) is 24.0 Å². The number of nitrogens with one attached hydrogen (secondary N) is 1. The van der Waals surface area contributed by atoms with Gasteiger partial charge in [-0.3, -0.25) is 0 Å². The van der Waals surface area contributed by atoms with Gasteiger partial charge in [-0.2, -0.15) is 0 Å². The van der Waals surface area contributed by atoms with Gasteiger partial charge in [0.1, 0.15) is 7.05 Å². The van der Waals surface area contributed by atoms with Crippen LogP contribution >= 0.6 is 0 Å². The summed E-state index contributed by atoms with van der Waals surface area (Å²) in [7, 11) is 2.01. The molecule has 15 heavy (non-hydrogen) atoms. The van der Waals surface area contributed by atoms with Gasteiger partial charge in [-0.05, 0) is 12.1 Å². The van der Waals surface area contributed by atoms with Gasteiger partial charge in [0, 0.05) is 17.8 Å². The van der Waals surface area contributed by atoms with Gasteiger partial charge in [0.05, 0.1) is 5.69 Å². The van der Waals surface area contributed by atoms with Gasteiger partial charge in [0.25, 0.3) is 0 Å². The number of aromatic nitrogens is 1. The maximum absolute atomic E-state index is 3.32. The summed E-state index contributed by atoms with van der Waals surface area (Å²) in [6.45, 7) is 0. The fourth-order valence-electron chi connectivity index (χ4n) is 1.27. The fourth-order valence-corrected chi connectivity index (χ4v) is 1.27. The summed E-state index contributed by atoms with van der Waals surface area (Å²) in [5.41, 5.74) is 2.22. The van der Waals surface area contributed by atoms with Crippen molar-refractivity contribution < 1.29 is 28.5 Å². The molecule has 1 aromatic heterocycles. The number of benzene rings is 1. The average molecular weight is 312 g/mol. The third-order valence-electron chi connectivity index (χ3n) is 2.04. The largest absolute Gasteiger partial charge is 1.00 e. The van der Waals surface area contributed by atoms with E-state index in [4.69, 9.17) is 0 Å². The average Bonchev–Trinajstić information content (AvgIpc) is 2.23. The molecule has 0 aliphatic rings. The molecule has 3 heteroatoms. The number of anilines is 2.